The lowest BCUT2D eigenvalue weighted by Crippen LogP contribution is -2.21. The van der Waals surface area contributed by atoms with Gasteiger partial charge >= 0.3 is 5.97 Å². The number of carboxylic acids is 1. The Bertz CT molecular complexity index is 178. The Hall–Kier alpha value is -0.520. The molecule has 0 bridgehead atoms. The maximum atomic E-state index is 10.8. The molecule has 0 spiro atoms. The number of carbonyl (C=O) groups is 2. The third-order valence-corrected chi connectivity index (χ3v) is 1.39. The summed E-state index contributed by atoms with van der Waals surface area (Å²) >= 11 is 0. The molecule has 15 heavy (non-hydrogen) atoms. The number of hydrogen-bond donors (Lipinski definition) is 1. The number of carboxylic acid groups (broad SMARTS) is 1. The summed E-state index contributed by atoms with van der Waals surface area (Å²) in [5.74, 6) is -1.42. The van der Waals surface area contributed by atoms with Crippen molar-refractivity contribution in [3.63, 3.8) is 0 Å². The smallest absolute Gasteiger partial charge is 0.305 e. The summed E-state index contributed by atoms with van der Waals surface area (Å²) in [7, 11) is 0. The second-order valence-electron chi connectivity index (χ2n) is 2.59. The summed E-state index contributed by atoms with van der Waals surface area (Å²) in [6.07, 6.45) is 1.19. The summed E-state index contributed by atoms with van der Waals surface area (Å²) < 4.78 is 4.67. The molecule has 0 saturated carbocycles. The van der Waals surface area contributed by atoms with Crippen molar-refractivity contribution in [3.05, 3.63) is 0 Å². The first-order chi connectivity index (χ1) is 6.16. The van der Waals surface area contributed by atoms with Crippen LogP contribution in [0, 0.1) is 0 Å². The van der Waals surface area contributed by atoms with E-state index in [2.05, 4.69) is 4.74 Å². The minimum atomic E-state index is -1.09. The Morgan fingerprint density at radius 3 is 2.13 bits per heavy atom. The lowest BCUT2D eigenvalue weighted by atomic mass is 10.2. The normalized spacial score (nSPS) is 8.33. The summed E-state index contributed by atoms with van der Waals surface area (Å²) in [6, 6.07) is 0. The van der Waals surface area contributed by atoms with Gasteiger partial charge in [-0.1, -0.05) is 0 Å². The number of rotatable bonds is 7. The van der Waals surface area contributed by atoms with Crippen LogP contribution in [-0.4, -0.2) is 25.1 Å². The molecule has 2 N–H and O–H groups in total. The number of unbranched alkanes of at least 4 members (excludes halogenated alkanes) is 1. The number of ether oxygens (including phenoxy) is 1. The molecule has 0 aromatic carbocycles. The van der Waals surface area contributed by atoms with Crippen LogP contribution in [0.15, 0.2) is 0 Å². The van der Waals surface area contributed by atoms with Gasteiger partial charge in [0, 0.05) is 18.9 Å². The maximum absolute atomic E-state index is 10.8. The zero-order valence-corrected chi connectivity index (χ0v) is 9.90. The summed E-state index contributed by atoms with van der Waals surface area (Å²) in [4.78, 5) is 20.8. The van der Waals surface area contributed by atoms with Gasteiger partial charge in [0.25, 0.3) is 0 Å². The zero-order chi connectivity index (χ0) is 10.1. The van der Waals surface area contributed by atoms with Crippen LogP contribution < -0.4 is 10.8 Å². The molecule has 5 nitrogen and oxygen atoms in total. The van der Waals surface area contributed by atoms with E-state index in [1.165, 1.54) is 0 Å². The molecule has 92 valence electrons. The average Bonchev–Trinajstić information content (AvgIpc) is 2.08. The van der Waals surface area contributed by atoms with E-state index >= 15 is 0 Å². The van der Waals surface area contributed by atoms with Gasteiger partial charge in [-0.3, -0.25) is 4.79 Å². The zero-order valence-electron chi connectivity index (χ0n) is 8.27. The first-order valence-electron chi connectivity index (χ1n) is 4.22. The Balaban J connectivity index is -0.000000720. The van der Waals surface area contributed by atoms with E-state index in [0.717, 1.165) is 0 Å². The Morgan fingerprint density at radius 2 is 1.67 bits per heavy atom. The molecule has 0 amide bonds. The van der Waals surface area contributed by atoms with Gasteiger partial charge < -0.3 is 20.4 Å². The van der Waals surface area contributed by atoms with Gasteiger partial charge in [0.05, 0.1) is 0 Å². The first-order valence-corrected chi connectivity index (χ1v) is 4.22. The van der Waals surface area contributed by atoms with E-state index < -0.39 is 5.97 Å². The van der Waals surface area contributed by atoms with Gasteiger partial charge in [-0.2, -0.15) is 0 Å². The Morgan fingerprint density at radius 1 is 1.13 bits per heavy atom. The largest absolute Gasteiger partial charge is 0.550 e. The predicted molar refractivity (Wildman–Crippen MR) is 58.0 cm³/mol. The predicted octanol–water partition coefficient (Wildman–Crippen LogP) is -0.358. The van der Waals surface area contributed by atoms with Gasteiger partial charge in [0.15, 0.2) is 0 Å². The number of carbonyl (C=O) groups excluding carboxylic acids is 2. The number of halogens is 2. The molecule has 0 fully saturated rings. The van der Waals surface area contributed by atoms with Gasteiger partial charge in [-0.05, 0) is 19.3 Å². The Labute approximate surface area is 101 Å². The van der Waals surface area contributed by atoms with E-state index in [0.29, 0.717) is 19.4 Å². The molecule has 0 rings (SSSR count). The van der Waals surface area contributed by atoms with E-state index in [-0.39, 0.29) is 50.2 Å². The maximum Gasteiger partial charge on any atom is 0.305 e. The van der Waals surface area contributed by atoms with E-state index in [1.54, 1.807) is 0 Å². The molecule has 0 atom stereocenters. The van der Waals surface area contributed by atoms with Crippen LogP contribution in [0.25, 0.3) is 0 Å². The summed E-state index contributed by atoms with van der Waals surface area (Å²) in [5, 5.41) is 9.97. The van der Waals surface area contributed by atoms with Crippen molar-refractivity contribution in [2.45, 2.75) is 25.7 Å². The van der Waals surface area contributed by atoms with Crippen molar-refractivity contribution >= 4 is 36.8 Å². The fourth-order valence-corrected chi connectivity index (χ4v) is 0.784. The van der Waals surface area contributed by atoms with Gasteiger partial charge in [0.1, 0.15) is 6.61 Å². The molecule has 0 saturated heterocycles. The van der Waals surface area contributed by atoms with Crippen molar-refractivity contribution in [2.75, 3.05) is 13.2 Å². The van der Waals surface area contributed by atoms with Crippen molar-refractivity contribution in [1.29, 1.82) is 0 Å². The lowest BCUT2D eigenvalue weighted by Gasteiger charge is -2.03. The highest BCUT2D eigenvalue weighted by atomic mass is 35.5. The van der Waals surface area contributed by atoms with Crippen LogP contribution in [0.1, 0.15) is 25.7 Å². The molecule has 0 unspecified atom stereocenters. The fraction of sp³-hybridized carbons (Fsp3) is 0.750. The van der Waals surface area contributed by atoms with Crippen LogP contribution in [-0.2, 0) is 14.3 Å². The molecule has 0 radical (unpaired) electrons. The van der Waals surface area contributed by atoms with Crippen molar-refractivity contribution in [1.82, 2.24) is 0 Å². The highest BCUT2D eigenvalue weighted by Crippen LogP contribution is 2.00. The molecular formula is C8H16Cl2NO4-. The summed E-state index contributed by atoms with van der Waals surface area (Å²) in [5.41, 5.74) is 5.11. The van der Waals surface area contributed by atoms with Crippen LogP contribution in [0.2, 0.25) is 0 Å². The van der Waals surface area contributed by atoms with Crippen LogP contribution in [0.3, 0.4) is 0 Å². The van der Waals surface area contributed by atoms with Crippen LogP contribution in [0.5, 0.6) is 0 Å². The minimum absolute atomic E-state index is 0. The van der Waals surface area contributed by atoms with E-state index in [1.807, 2.05) is 0 Å². The second kappa shape index (κ2) is 13.5. The monoisotopic (exact) mass is 260 g/mol. The number of nitrogens with two attached hydrogens (primary N) is 1. The number of hydrogen-bond acceptors (Lipinski definition) is 5. The van der Waals surface area contributed by atoms with Gasteiger partial charge in [-0.15, -0.1) is 24.8 Å². The topological polar surface area (TPSA) is 92.5 Å². The second-order valence-corrected chi connectivity index (χ2v) is 2.59. The quantitative estimate of drug-likeness (QED) is 0.499. The number of aliphatic carboxylic acids is 1. The SMILES string of the molecule is Cl.Cl.NCCOC(=O)CCCCC(=O)[O-]. The highest BCUT2D eigenvalue weighted by molar-refractivity contribution is 5.85. The fourth-order valence-electron chi connectivity index (χ4n) is 0.784. The average molecular weight is 261 g/mol. The molecule has 0 heterocycles. The van der Waals surface area contributed by atoms with Crippen molar-refractivity contribution < 1.29 is 19.4 Å². The minimum Gasteiger partial charge on any atom is -0.550 e. The summed E-state index contributed by atoms with van der Waals surface area (Å²) in [6.45, 7) is 0.532. The molecule has 0 aliphatic rings. The number of esters is 1. The first kappa shape index (κ1) is 20.0. The third-order valence-electron chi connectivity index (χ3n) is 1.39. The van der Waals surface area contributed by atoms with Gasteiger partial charge in [-0.25, -0.2) is 0 Å². The molecule has 7 heteroatoms. The highest BCUT2D eigenvalue weighted by Gasteiger charge is 2.00. The lowest BCUT2D eigenvalue weighted by molar-refractivity contribution is -0.305. The standard InChI is InChI=1S/C8H15NO4.2ClH/c9-5-6-13-8(12)4-2-1-3-7(10)11;;/h1-6,9H2,(H,10,11);2*1H/p-1. The molecule has 0 aromatic rings. The van der Waals surface area contributed by atoms with E-state index in [4.69, 9.17) is 5.73 Å². The third kappa shape index (κ3) is 16.2. The van der Waals surface area contributed by atoms with Gasteiger partial charge in [0.2, 0.25) is 0 Å². The van der Waals surface area contributed by atoms with Crippen LogP contribution in [0.4, 0.5) is 0 Å². The Kier molecular flexibility index (Phi) is 17.9. The molecule has 0 aromatic heterocycles. The van der Waals surface area contributed by atoms with Crippen molar-refractivity contribution in [2.24, 2.45) is 5.73 Å². The molecule has 0 aliphatic heterocycles. The van der Waals surface area contributed by atoms with E-state index in [9.17, 15) is 14.7 Å². The van der Waals surface area contributed by atoms with Crippen molar-refractivity contribution in [3.8, 4) is 0 Å². The molecular weight excluding hydrogens is 245 g/mol. The van der Waals surface area contributed by atoms with Crippen LogP contribution >= 0.6 is 24.8 Å². The molecule has 0 aliphatic carbocycles.